The molecule has 1 aromatic carbocycles. The van der Waals surface area contributed by atoms with E-state index in [1.54, 1.807) is 53.7 Å². The van der Waals surface area contributed by atoms with E-state index in [-0.39, 0.29) is 32.2 Å². The molecular formula is C24H37N3O6. The lowest BCUT2D eigenvalue weighted by atomic mass is 9.97. The van der Waals surface area contributed by atoms with Crippen molar-refractivity contribution >= 4 is 23.9 Å². The number of hydrogen-bond acceptors (Lipinski definition) is 6. The SMILES string of the molecule is CCOC(=O)CCNC(=O)C(c1ccccc1C)N(C(=O)CNC(=O)OC(C)(C)C)C(C)C. The normalized spacial score (nSPS) is 12.0. The fraction of sp³-hybridized carbons (Fsp3) is 0.583. The highest BCUT2D eigenvalue weighted by molar-refractivity contribution is 5.91. The largest absolute Gasteiger partial charge is 0.466 e. The second-order valence-electron chi connectivity index (χ2n) is 8.86. The Morgan fingerprint density at radius 3 is 2.24 bits per heavy atom. The summed E-state index contributed by atoms with van der Waals surface area (Å²) in [4.78, 5) is 51.5. The third-order valence-electron chi connectivity index (χ3n) is 4.57. The lowest BCUT2D eigenvalue weighted by Crippen LogP contribution is -2.50. The van der Waals surface area contributed by atoms with Gasteiger partial charge in [-0.25, -0.2) is 4.79 Å². The predicted octanol–water partition coefficient (Wildman–Crippen LogP) is 2.87. The number of hydrogen-bond donors (Lipinski definition) is 2. The summed E-state index contributed by atoms with van der Waals surface area (Å²) in [6.07, 6.45) is -0.693. The minimum atomic E-state index is -0.943. The molecule has 1 atom stereocenters. The summed E-state index contributed by atoms with van der Waals surface area (Å²) in [6.45, 7) is 12.3. The topological polar surface area (TPSA) is 114 Å². The fourth-order valence-corrected chi connectivity index (χ4v) is 3.21. The maximum Gasteiger partial charge on any atom is 0.408 e. The van der Waals surface area contributed by atoms with Gasteiger partial charge in [0.1, 0.15) is 18.2 Å². The number of aryl methyl sites for hydroxylation is 1. The van der Waals surface area contributed by atoms with Crippen LogP contribution in [0.2, 0.25) is 0 Å². The van der Waals surface area contributed by atoms with Crippen molar-refractivity contribution in [3.8, 4) is 0 Å². The standard InChI is InChI=1S/C24H37N3O6/c1-8-32-20(29)13-14-25-22(30)21(18-12-10-9-11-17(18)4)27(16(2)3)19(28)15-26-23(31)33-24(5,6)7/h9-12,16,21H,8,13-15H2,1-7H3,(H,25,30)(H,26,31). The van der Waals surface area contributed by atoms with Gasteiger partial charge in [-0.3, -0.25) is 14.4 Å². The van der Waals surface area contributed by atoms with E-state index in [2.05, 4.69) is 10.6 Å². The number of benzene rings is 1. The van der Waals surface area contributed by atoms with Crippen LogP contribution in [0, 0.1) is 6.92 Å². The monoisotopic (exact) mass is 463 g/mol. The zero-order valence-electron chi connectivity index (χ0n) is 20.7. The molecule has 9 heteroatoms. The number of alkyl carbamates (subject to hydrolysis) is 1. The van der Waals surface area contributed by atoms with Crippen molar-refractivity contribution in [1.82, 2.24) is 15.5 Å². The van der Waals surface area contributed by atoms with Gasteiger partial charge in [0.2, 0.25) is 11.8 Å². The van der Waals surface area contributed by atoms with Crippen molar-refractivity contribution in [1.29, 1.82) is 0 Å². The Morgan fingerprint density at radius 1 is 1.06 bits per heavy atom. The van der Waals surface area contributed by atoms with Gasteiger partial charge in [-0.15, -0.1) is 0 Å². The molecule has 0 aromatic heterocycles. The molecule has 0 fully saturated rings. The highest BCUT2D eigenvalue weighted by Gasteiger charge is 2.34. The number of esters is 1. The van der Waals surface area contributed by atoms with Gasteiger partial charge in [0.25, 0.3) is 0 Å². The van der Waals surface area contributed by atoms with Gasteiger partial charge in [0.05, 0.1) is 13.0 Å². The van der Waals surface area contributed by atoms with Crippen LogP contribution in [-0.2, 0) is 23.9 Å². The van der Waals surface area contributed by atoms with Crippen molar-refractivity contribution in [2.45, 2.75) is 72.6 Å². The van der Waals surface area contributed by atoms with Crippen LogP contribution in [0.15, 0.2) is 24.3 Å². The molecule has 0 saturated carbocycles. The molecule has 1 aromatic rings. The highest BCUT2D eigenvalue weighted by atomic mass is 16.6. The van der Waals surface area contributed by atoms with Gasteiger partial charge in [0, 0.05) is 12.6 Å². The smallest absolute Gasteiger partial charge is 0.408 e. The van der Waals surface area contributed by atoms with E-state index in [9.17, 15) is 19.2 Å². The molecule has 0 heterocycles. The van der Waals surface area contributed by atoms with Crippen LogP contribution in [0.25, 0.3) is 0 Å². The number of carbonyl (C=O) groups is 4. The van der Waals surface area contributed by atoms with Crippen LogP contribution in [-0.4, -0.2) is 60.1 Å². The third-order valence-corrected chi connectivity index (χ3v) is 4.57. The molecule has 9 nitrogen and oxygen atoms in total. The van der Waals surface area contributed by atoms with Gasteiger partial charge in [-0.05, 0) is 59.6 Å². The Morgan fingerprint density at radius 2 is 1.70 bits per heavy atom. The first-order valence-corrected chi connectivity index (χ1v) is 11.1. The highest BCUT2D eigenvalue weighted by Crippen LogP contribution is 2.26. The van der Waals surface area contributed by atoms with E-state index in [1.165, 1.54) is 4.90 Å². The van der Waals surface area contributed by atoms with Crippen molar-refractivity contribution in [3.63, 3.8) is 0 Å². The van der Waals surface area contributed by atoms with Crippen molar-refractivity contribution in [3.05, 3.63) is 35.4 Å². The summed E-state index contributed by atoms with van der Waals surface area (Å²) < 4.78 is 10.1. The van der Waals surface area contributed by atoms with Gasteiger partial charge < -0.3 is 25.0 Å². The zero-order valence-corrected chi connectivity index (χ0v) is 20.7. The summed E-state index contributed by atoms with van der Waals surface area (Å²) in [5.41, 5.74) is 0.792. The average Bonchev–Trinajstić information content (AvgIpc) is 2.69. The minimum Gasteiger partial charge on any atom is -0.466 e. The minimum absolute atomic E-state index is 0.0237. The molecule has 0 bridgehead atoms. The van der Waals surface area contributed by atoms with Crippen molar-refractivity contribution in [2.24, 2.45) is 0 Å². The first-order chi connectivity index (χ1) is 15.4. The Bertz CT molecular complexity index is 832. The van der Waals surface area contributed by atoms with E-state index in [0.29, 0.717) is 5.56 Å². The molecule has 3 amide bonds. The molecule has 0 spiro atoms. The number of carbonyl (C=O) groups excluding carboxylic acids is 4. The van der Waals surface area contributed by atoms with Gasteiger partial charge in [-0.2, -0.15) is 0 Å². The lowest BCUT2D eigenvalue weighted by Gasteiger charge is -2.35. The first-order valence-electron chi connectivity index (χ1n) is 11.1. The van der Waals surface area contributed by atoms with E-state index < -0.39 is 35.5 Å². The number of nitrogens with zero attached hydrogens (tertiary/aromatic N) is 1. The van der Waals surface area contributed by atoms with Crippen LogP contribution in [0.1, 0.15) is 65.1 Å². The maximum absolute atomic E-state index is 13.2. The average molecular weight is 464 g/mol. The number of rotatable bonds is 10. The van der Waals surface area contributed by atoms with Gasteiger partial charge in [-0.1, -0.05) is 24.3 Å². The second kappa shape index (κ2) is 12.8. The third kappa shape index (κ3) is 9.51. The lowest BCUT2D eigenvalue weighted by molar-refractivity contribution is -0.144. The van der Waals surface area contributed by atoms with E-state index in [1.807, 2.05) is 19.1 Å². The summed E-state index contributed by atoms with van der Waals surface area (Å²) >= 11 is 0. The zero-order chi connectivity index (χ0) is 25.2. The Labute approximate surface area is 196 Å². The molecule has 1 unspecified atom stereocenters. The second-order valence-corrected chi connectivity index (χ2v) is 8.86. The summed E-state index contributed by atoms with van der Waals surface area (Å²) in [5.74, 6) is -1.28. The molecule has 0 radical (unpaired) electrons. The molecule has 1 rings (SSSR count). The van der Waals surface area contributed by atoms with Crippen LogP contribution in [0.3, 0.4) is 0 Å². The van der Waals surface area contributed by atoms with Crippen LogP contribution in [0.5, 0.6) is 0 Å². The molecule has 0 saturated heterocycles. The van der Waals surface area contributed by atoms with Crippen molar-refractivity contribution in [2.75, 3.05) is 19.7 Å². The van der Waals surface area contributed by atoms with Crippen LogP contribution >= 0.6 is 0 Å². The quantitative estimate of drug-likeness (QED) is 0.516. The summed E-state index contributed by atoms with van der Waals surface area (Å²) in [6, 6.07) is 5.99. The van der Waals surface area contributed by atoms with Gasteiger partial charge >= 0.3 is 12.1 Å². The van der Waals surface area contributed by atoms with E-state index in [4.69, 9.17) is 9.47 Å². The Kier molecular flexibility index (Phi) is 10.8. The maximum atomic E-state index is 13.2. The molecule has 0 aliphatic carbocycles. The molecule has 33 heavy (non-hydrogen) atoms. The van der Waals surface area contributed by atoms with E-state index in [0.717, 1.165) is 5.56 Å². The Hall–Kier alpha value is -3.10. The van der Waals surface area contributed by atoms with Crippen LogP contribution < -0.4 is 10.6 Å². The van der Waals surface area contributed by atoms with E-state index >= 15 is 0 Å². The summed E-state index contributed by atoms with van der Waals surface area (Å²) in [7, 11) is 0. The number of amides is 3. The Balaban J connectivity index is 3.10. The molecule has 0 aliphatic heterocycles. The van der Waals surface area contributed by atoms with Crippen molar-refractivity contribution < 1.29 is 28.7 Å². The summed E-state index contributed by atoms with van der Waals surface area (Å²) in [5, 5.41) is 5.20. The van der Waals surface area contributed by atoms with Crippen LogP contribution in [0.4, 0.5) is 4.79 Å². The van der Waals surface area contributed by atoms with Gasteiger partial charge in [0.15, 0.2) is 0 Å². The number of ether oxygens (including phenoxy) is 2. The first kappa shape index (κ1) is 27.9. The molecule has 0 aliphatic rings. The molecule has 184 valence electrons. The molecular weight excluding hydrogens is 426 g/mol. The molecule has 2 N–H and O–H groups in total. The predicted molar refractivity (Wildman–Crippen MR) is 124 cm³/mol. The fourth-order valence-electron chi connectivity index (χ4n) is 3.21. The number of nitrogens with one attached hydrogen (secondary N) is 2.